The Hall–Kier alpha value is -1.06. The van der Waals surface area contributed by atoms with Crippen molar-refractivity contribution in [2.24, 2.45) is 5.92 Å². The van der Waals surface area contributed by atoms with Crippen molar-refractivity contribution >= 4 is 5.69 Å². The molecule has 1 N–H and O–H groups in total. The van der Waals surface area contributed by atoms with Crippen LogP contribution in [0.25, 0.3) is 0 Å². The first-order chi connectivity index (χ1) is 10.2. The molecule has 0 radical (unpaired) electrons. The van der Waals surface area contributed by atoms with Crippen molar-refractivity contribution < 1.29 is 0 Å². The fourth-order valence-electron chi connectivity index (χ4n) is 3.11. The Kier molecular flexibility index (Phi) is 4.81. The van der Waals surface area contributed by atoms with E-state index in [0.717, 1.165) is 18.5 Å². The van der Waals surface area contributed by atoms with Gasteiger partial charge in [0.15, 0.2) is 0 Å². The molecule has 3 heteroatoms. The molecule has 1 heterocycles. The van der Waals surface area contributed by atoms with Crippen LogP contribution in [-0.2, 0) is 6.54 Å². The van der Waals surface area contributed by atoms with Crippen molar-refractivity contribution in [3.8, 4) is 0 Å². The van der Waals surface area contributed by atoms with Crippen molar-refractivity contribution in [2.75, 3.05) is 38.6 Å². The summed E-state index contributed by atoms with van der Waals surface area (Å²) in [4.78, 5) is 4.75. The Bertz CT molecular complexity index is 428. The number of nitrogens with zero attached hydrogens (tertiary/aromatic N) is 2. The summed E-state index contributed by atoms with van der Waals surface area (Å²) in [6, 6.07) is 9.75. The number of rotatable bonds is 6. The smallest absolute Gasteiger partial charge is 0.0361 e. The zero-order chi connectivity index (χ0) is 14.7. The summed E-state index contributed by atoms with van der Waals surface area (Å²) < 4.78 is 0. The van der Waals surface area contributed by atoms with E-state index in [9.17, 15) is 0 Å². The molecular weight excluding hydrogens is 258 g/mol. The van der Waals surface area contributed by atoms with E-state index in [-0.39, 0.29) is 0 Å². The molecule has 21 heavy (non-hydrogen) atoms. The molecular formula is C18H29N3. The SMILES string of the molecule is CN(C)c1ccc(CN2CCC(NCC3CC3)CC2)cc1. The van der Waals surface area contributed by atoms with E-state index in [0.29, 0.717) is 0 Å². The summed E-state index contributed by atoms with van der Waals surface area (Å²) in [5.41, 5.74) is 2.71. The standard InChI is InChI=1S/C18H29N3/c1-20(2)18-7-5-16(6-8-18)14-21-11-9-17(10-12-21)19-13-15-3-4-15/h5-8,15,17,19H,3-4,9-14H2,1-2H3. The molecule has 3 rings (SSSR count). The Balaban J connectivity index is 1.41. The zero-order valence-corrected chi connectivity index (χ0v) is 13.5. The predicted octanol–water partition coefficient (Wildman–Crippen LogP) is 2.72. The molecule has 1 aromatic rings. The highest BCUT2D eigenvalue weighted by Gasteiger charge is 2.24. The van der Waals surface area contributed by atoms with Crippen LogP contribution in [0.5, 0.6) is 0 Å². The molecule has 0 amide bonds. The molecule has 1 saturated carbocycles. The molecule has 2 aliphatic rings. The van der Waals surface area contributed by atoms with Gasteiger partial charge < -0.3 is 10.2 Å². The highest BCUT2D eigenvalue weighted by molar-refractivity contribution is 5.45. The van der Waals surface area contributed by atoms with Gasteiger partial charge in [0, 0.05) is 32.4 Å². The van der Waals surface area contributed by atoms with E-state index >= 15 is 0 Å². The van der Waals surface area contributed by atoms with Gasteiger partial charge in [0.1, 0.15) is 0 Å². The maximum atomic E-state index is 3.76. The number of likely N-dealkylation sites (tertiary alicyclic amines) is 1. The van der Waals surface area contributed by atoms with Crippen molar-refractivity contribution in [2.45, 2.75) is 38.3 Å². The van der Waals surface area contributed by atoms with Crippen LogP contribution >= 0.6 is 0 Å². The molecule has 116 valence electrons. The van der Waals surface area contributed by atoms with Crippen molar-refractivity contribution in [1.82, 2.24) is 10.2 Å². The lowest BCUT2D eigenvalue weighted by molar-refractivity contribution is 0.190. The Labute approximate surface area is 129 Å². The topological polar surface area (TPSA) is 18.5 Å². The van der Waals surface area contributed by atoms with Gasteiger partial charge in [-0.3, -0.25) is 4.90 Å². The van der Waals surface area contributed by atoms with Crippen LogP contribution < -0.4 is 10.2 Å². The Morgan fingerprint density at radius 2 is 1.71 bits per heavy atom. The first kappa shape index (κ1) is 14.9. The van der Waals surface area contributed by atoms with Crippen molar-refractivity contribution in [3.05, 3.63) is 29.8 Å². The fourth-order valence-corrected chi connectivity index (χ4v) is 3.11. The largest absolute Gasteiger partial charge is 0.378 e. The first-order valence-electron chi connectivity index (χ1n) is 8.43. The summed E-state index contributed by atoms with van der Waals surface area (Å²) in [7, 11) is 4.18. The highest BCUT2D eigenvalue weighted by atomic mass is 15.1. The number of anilines is 1. The van der Waals surface area contributed by atoms with E-state index in [1.807, 2.05) is 0 Å². The third-order valence-corrected chi connectivity index (χ3v) is 4.84. The number of hydrogen-bond donors (Lipinski definition) is 1. The molecule has 0 atom stereocenters. The summed E-state index contributed by atoms with van der Waals surface area (Å²) in [6.45, 7) is 4.83. The normalized spacial score (nSPS) is 20.7. The summed E-state index contributed by atoms with van der Waals surface area (Å²) in [5.74, 6) is 0.998. The number of hydrogen-bond acceptors (Lipinski definition) is 3. The van der Waals surface area contributed by atoms with E-state index < -0.39 is 0 Å². The molecule has 0 aromatic heterocycles. The number of nitrogens with one attached hydrogen (secondary N) is 1. The number of piperidine rings is 1. The minimum absolute atomic E-state index is 0.762. The maximum absolute atomic E-state index is 3.76. The lowest BCUT2D eigenvalue weighted by Crippen LogP contribution is -2.42. The molecule has 0 unspecified atom stereocenters. The predicted molar refractivity (Wildman–Crippen MR) is 89.8 cm³/mol. The molecule has 0 spiro atoms. The Morgan fingerprint density at radius 3 is 2.29 bits per heavy atom. The van der Waals surface area contributed by atoms with Gasteiger partial charge in [0.05, 0.1) is 0 Å². The highest BCUT2D eigenvalue weighted by Crippen LogP contribution is 2.28. The first-order valence-corrected chi connectivity index (χ1v) is 8.43. The number of benzene rings is 1. The minimum Gasteiger partial charge on any atom is -0.378 e. The lowest BCUT2D eigenvalue weighted by atomic mass is 10.0. The molecule has 2 fully saturated rings. The van der Waals surface area contributed by atoms with Crippen LogP contribution in [0.2, 0.25) is 0 Å². The lowest BCUT2D eigenvalue weighted by Gasteiger charge is -2.32. The van der Waals surface area contributed by atoms with Gasteiger partial charge in [-0.25, -0.2) is 0 Å². The average Bonchev–Trinajstić information content (AvgIpc) is 3.31. The maximum Gasteiger partial charge on any atom is 0.0361 e. The van der Waals surface area contributed by atoms with Gasteiger partial charge in [-0.05, 0) is 68.9 Å². The van der Waals surface area contributed by atoms with Crippen LogP contribution in [0.1, 0.15) is 31.2 Å². The molecule has 3 nitrogen and oxygen atoms in total. The molecule has 1 aliphatic carbocycles. The summed E-state index contributed by atoms with van der Waals surface area (Å²) >= 11 is 0. The average molecular weight is 287 g/mol. The van der Waals surface area contributed by atoms with Crippen LogP contribution in [0.15, 0.2) is 24.3 Å². The van der Waals surface area contributed by atoms with E-state index in [1.54, 1.807) is 0 Å². The van der Waals surface area contributed by atoms with E-state index in [2.05, 4.69) is 53.5 Å². The molecule has 1 aliphatic heterocycles. The van der Waals surface area contributed by atoms with Gasteiger partial charge in [-0.2, -0.15) is 0 Å². The van der Waals surface area contributed by atoms with Gasteiger partial charge >= 0.3 is 0 Å². The summed E-state index contributed by atoms with van der Waals surface area (Å²) in [6.07, 6.45) is 5.52. The second-order valence-electron chi connectivity index (χ2n) is 6.96. The Morgan fingerprint density at radius 1 is 1.05 bits per heavy atom. The van der Waals surface area contributed by atoms with Crippen LogP contribution in [0, 0.1) is 5.92 Å². The molecule has 1 aromatic carbocycles. The van der Waals surface area contributed by atoms with E-state index in [4.69, 9.17) is 0 Å². The quantitative estimate of drug-likeness (QED) is 0.868. The van der Waals surface area contributed by atoms with Gasteiger partial charge in [0.2, 0.25) is 0 Å². The van der Waals surface area contributed by atoms with Gasteiger partial charge in [-0.1, -0.05) is 12.1 Å². The third-order valence-electron chi connectivity index (χ3n) is 4.84. The monoisotopic (exact) mass is 287 g/mol. The van der Waals surface area contributed by atoms with Crippen LogP contribution in [-0.4, -0.2) is 44.7 Å². The van der Waals surface area contributed by atoms with Crippen LogP contribution in [0.4, 0.5) is 5.69 Å². The van der Waals surface area contributed by atoms with Gasteiger partial charge in [-0.15, -0.1) is 0 Å². The second-order valence-corrected chi connectivity index (χ2v) is 6.96. The second kappa shape index (κ2) is 6.80. The van der Waals surface area contributed by atoms with Crippen LogP contribution in [0.3, 0.4) is 0 Å². The van der Waals surface area contributed by atoms with Crippen molar-refractivity contribution in [1.29, 1.82) is 0 Å². The minimum atomic E-state index is 0.762. The third kappa shape index (κ3) is 4.45. The van der Waals surface area contributed by atoms with Crippen molar-refractivity contribution in [3.63, 3.8) is 0 Å². The fraction of sp³-hybridized carbons (Fsp3) is 0.667. The molecule has 0 bridgehead atoms. The zero-order valence-electron chi connectivity index (χ0n) is 13.5. The van der Waals surface area contributed by atoms with Gasteiger partial charge in [0.25, 0.3) is 0 Å². The van der Waals surface area contributed by atoms with E-state index in [1.165, 1.54) is 56.6 Å². The summed E-state index contributed by atoms with van der Waals surface area (Å²) in [5, 5.41) is 3.76. The molecule has 1 saturated heterocycles.